The smallest absolute Gasteiger partial charge is 0.281 e. The number of carbonyl (C=O) groups is 1. The van der Waals surface area contributed by atoms with E-state index in [0.717, 1.165) is 11.8 Å². The summed E-state index contributed by atoms with van der Waals surface area (Å²) in [5, 5.41) is 27.4. The second kappa shape index (κ2) is 8.00. The zero-order valence-corrected chi connectivity index (χ0v) is 13.0. The van der Waals surface area contributed by atoms with Crippen LogP contribution in [0.25, 0.3) is 6.08 Å². The molecule has 118 valence electrons. The SMILES string of the molecule is CCc1nnc(S/C(=C\c2ccc(OCC#N)cc2)C(=O)[O-])o1. The van der Waals surface area contributed by atoms with Gasteiger partial charge in [-0.25, -0.2) is 0 Å². The monoisotopic (exact) mass is 330 g/mol. The summed E-state index contributed by atoms with van der Waals surface area (Å²) in [7, 11) is 0. The first-order valence-electron chi connectivity index (χ1n) is 6.65. The van der Waals surface area contributed by atoms with Gasteiger partial charge in [0.15, 0.2) is 6.61 Å². The van der Waals surface area contributed by atoms with Crippen LogP contribution < -0.4 is 9.84 Å². The van der Waals surface area contributed by atoms with Crippen molar-refractivity contribution in [3.63, 3.8) is 0 Å². The number of nitrogens with zero attached hydrogens (tertiary/aromatic N) is 3. The van der Waals surface area contributed by atoms with Gasteiger partial charge in [0.25, 0.3) is 5.22 Å². The lowest BCUT2D eigenvalue weighted by molar-refractivity contribution is -0.298. The van der Waals surface area contributed by atoms with Gasteiger partial charge in [-0.3, -0.25) is 0 Å². The number of ether oxygens (including phenoxy) is 1. The molecule has 0 atom stereocenters. The van der Waals surface area contributed by atoms with Gasteiger partial charge in [-0.2, -0.15) is 5.26 Å². The fourth-order valence-corrected chi connectivity index (χ4v) is 2.26. The molecule has 7 nitrogen and oxygen atoms in total. The van der Waals surface area contributed by atoms with Crippen molar-refractivity contribution in [3.8, 4) is 11.8 Å². The Labute approximate surface area is 136 Å². The summed E-state index contributed by atoms with van der Waals surface area (Å²) < 4.78 is 10.4. The molecule has 2 rings (SSSR count). The van der Waals surface area contributed by atoms with E-state index in [1.54, 1.807) is 24.3 Å². The number of hydrogen-bond acceptors (Lipinski definition) is 8. The third kappa shape index (κ3) is 4.86. The molecule has 0 saturated carbocycles. The number of aromatic nitrogens is 2. The van der Waals surface area contributed by atoms with Gasteiger partial charge in [0, 0.05) is 11.3 Å². The summed E-state index contributed by atoms with van der Waals surface area (Å²) in [6.07, 6.45) is 2.01. The lowest BCUT2D eigenvalue weighted by Crippen LogP contribution is -2.23. The molecule has 0 aliphatic carbocycles. The van der Waals surface area contributed by atoms with E-state index in [2.05, 4.69) is 10.2 Å². The van der Waals surface area contributed by atoms with Crippen molar-refractivity contribution in [2.24, 2.45) is 0 Å². The number of carboxylic acids is 1. The predicted molar refractivity (Wildman–Crippen MR) is 80.1 cm³/mol. The largest absolute Gasteiger partial charge is 0.544 e. The molecule has 0 aliphatic heterocycles. The van der Waals surface area contributed by atoms with Crippen LogP contribution in [0.4, 0.5) is 0 Å². The van der Waals surface area contributed by atoms with Crippen molar-refractivity contribution in [2.45, 2.75) is 18.6 Å². The highest BCUT2D eigenvalue weighted by Gasteiger charge is 2.10. The van der Waals surface area contributed by atoms with E-state index in [0.29, 0.717) is 23.6 Å². The van der Waals surface area contributed by atoms with Crippen LogP contribution in [0, 0.1) is 11.3 Å². The molecule has 2 aromatic rings. The average Bonchev–Trinajstić information content (AvgIpc) is 3.01. The van der Waals surface area contributed by atoms with Crippen LogP contribution in [0.3, 0.4) is 0 Å². The Kier molecular flexibility index (Phi) is 5.77. The molecule has 8 heteroatoms. The van der Waals surface area contributed by atoms with Crippen LogP contribution in [0.5, 0.6) is 5.75 Å². The van der Waals surface area contributed by atoms with Crippen molar-refractivity contribution >= 4 is 23.8 Å². The Morgan fingerprint density at radius 1 is 1.43 bits per heavy atom. The van der Waals surface area contributed by atoms with Crippen LogP contribution >= 0.6 is 11.8 Å². The fraction of sp³-hybridized carbons (Fsp3) is 0.200. The topological polar surface area (TPSA) is 112 Å². The van der Waals surface area contributed by atoms with E-state index in [4.69, 9.17) is 14.4 Å². The number of hydrogen-bond donors (Lipinski definition) is 0. The maximum absolute atomic E-state index is 11.2. The maximum Gasteiger partial charge on any atom is 0.281 e. The number of carboxylic acid groups (broad SMARTS) is 1. The van der Waals surface area contributed by atoms with Crippen molar-refractivity contribution in [1.82, 2.24) is 10.2 Å². The molecule has 0 N–H and O–H groups in total. The quantitative estimate of drug-likeness (QED) is 0.553. The number of carbonyl (C=O) groups excluding carboxylic acids is 1. The molecule has 1 aromatic carbocycles. The third-order valence-corrected chi connectivity index (χ3v) is 3.47. The molecular formula is C15H12N3O4S-. The first-order chi connectivity index (χ1) is 11.1. The molecule has 0 fully saturated rings. The second-order valence-corrected chi connectivity index (χ2v) is 5.22. The molecule has 0 spiro atoms. The Balaban J connectivity index is 2.14. The number of benzene rings is 1. The number of thioether (sulfide) groups is 1. The minimum Gasteiger partial charge on any atom is -0.544 e. The Bertz CT molecular complexity index is 747. The summed E-state index contributed by atoms with van der Waals surface area (Å²) in [5.74, 6) is -0.379. The Hall–Kier alpha value is -2.79. The summed E-state index contributed by atoms with van der Waals surface area (Å²) in [4.78, 5) is 11.2. The van der Waals surface area contributed by atoms with Crippen LogP contribution in [-0.4, -0.2) is 22.8 Å². The highest BCUT2D eigenvalue weighted by molar-refractivity contribution is 8.03. The highest BCUT2D eigenvalue weighted by Crippen LogP contribution is 2.27. The van der Waals surface area contributed by atoms with Crippen molar-refractivity contribution in [2.75, 3.05) is 6.61 Å². The van der Waals surface area contributed by atoms with E-state index in [9.17, 15) is 9.90 Å². The van der Waals surface area contributed by atoms with Crippen molar-refractivity contribution in [1.29, 1.82) is 5.26 Å². The van der Waals surface area contributed by atoms with E-state index in [1.807, 2.05) is 13.0 Å². The van der Waals surface area contributed by atoms with Gasteiger partial charge in [0.2, 0.25) is 5.89 Å². The van der Waals surface area contributed by atoms with Gasteiger partial charge in [-0.1, -0.05) is 19.1 Å². The van der Waals surface area contributed by atoms with Gasteiger partial charge in [0.1, 0.15) is 11.8 Å². The molecule has 0 radical (unpaired) electrons. The minimum atomic E-state index is -1.34. The molecular weight excluding hydrogens is 318 g/mol. The molecule has 0 bridgehead atoms. The van der Waals surface area contributed by atoms with E-state index >= 15 is 0 Å². The lowest BCUT2D eigenvalue weighted by Gasteiger charge is -2.06. The normalized spacial score (nSPS) is 11.0. The fourth-order valence-electron chi connectivity index (χ4n) is 1.57. The van der Waals surface area contributed by atoms with Gasteiger partial charge in [0.05, 0.1) is 5.97 Å². The van der Waals surface area contributed by atoms with Crippen LogP contribution in [-0.2, 0) is 11.2 Å². The Morgan fingerprint density at radius 3 is 2.74 bits per heavy atom. The summed E-state index contributed by atoms with van der Waals surface area (Å²) in [5.41, 5.74) is 0.635. The van der Waals surface area contributed by atoms with E-state index < -0.39 is 5.97 Å². The molecule has 0 unspecified atom stereocenters. The molecule has 0 saturated heterocycles. The highest BCUT2D eigenvalue weighted by atomic mass is 32.2. The first kappa shape index (κ1) is 16.6. The van der Waals surface area contributed by atoms with Gasteiger partial charge in [-0.05, 0) is 35.5 Å². The maximum atomic E-state index is 11.2. The molecule has 0 amide bonds. The van der Waals surface area contributed by atoms with Crippen LogP contribution in [0.15, 0.2) is 38.8 Å². The van der Waals surface area contributed by atoms with Crippen molar-refractivity contribution in [3.05, 3.63) is 40.6 Å². The second-order valence-electron chi connectivity index (χ2n) is 4.23. The average molecular weight is 330 g/mol. The molecule has 23 heavy (non-hydrogen) atoms. The molecule has 1 aromatic heterocycles. The van der Waals surface area contributed by atoms with Crippen molar-refractivity contribution < 1.29 is 19.1 Å². The van der Waals surface area contributed by atoms with Crippen LogP contribution in [0.2, 0.25) is 0 Å². The molecule has 1 heterocycles. The number of aliphatic carboxylic acids is 1. The lowest BCUT2D eigenvalue weighted by atomic mass is 10.2. The third-order valence-electron chi connectivity index (χ3n) is 2.63. The number of nitriles is 1. The van der Waals surface area contributed by atoms with E-state index in [1.165, 1.54) is 6.08 Å². The van der Waals surface area contributed by atoms with Gasteiger partial charge >= 0.3 is 0 Å². The zero-order chi connectivity index (χ0) is 16.7. The zero-order valence-electron chi connectivity index (χ0n) is 12.2. The Morgan fingerprint density at radius 2 is 2.17 bits per heavy atom. The first-order valence-corrected chi connectivity index (χ1v) is 7.47. The summed E-state index contributed by atoms with van der Waals surface area (Å²) >= 11 is 0.830. The van der Waals surface area contributed by atoms with Gasteiger partial charge in [-0.15, -0.1) is 10.2 Å². The molecule has 0 aliphatic rings. The standard InChI is InChI=1S/C15H13N3O4S/c1-2-13-17-18-15(22-13)23-12(14(19)20)9-10-3-5-11(6-4-10)21-8-7-16/h3-6,9H,2,8H2,1H3,(H,19,20)/p-1/b12-9-. The van der Waals surface area contributed by atoms with Gasteiger partial charge < -0.3 is 19.1 Å². The number of aryl methyl sites for hydroxylation is 1. The summed E-state index contributed by atoms with van der Waals surface area (Å²) in [6.45, 7) is 1.81. The number of rotatable bonds is 7. The van der Waals surface area contributed by atoms with Crippen LogP contribution in [0.1, 0.15) is 18.4 Å². The predicted octanol–water partition coefficient (Wildman–Crippen LogP) is 1.42. The summed E-state index contributed by atoms with van der Waals surface area (Å²) in [6, 6.07) is 8.48. The van der Waals surface area contributed by atoms with E-state index in [-0.39, 0.29) is 16.7 Å². The minimum absolute atomic E-state index is 0.0493.